The molecule has 0 aromatic heterocycles. The van der Waals surface area contributed by atoms with E-state index in [4.69, 9.17) is 0 Å². The summed E-state index contributed by atoms with van der Waals surface area (Å²) in [4.78, 5) is 0. The molecule has 1 N–H and O–H groups in total. The van der Waals surface area contributed by atoms with Gasteiger partial charge in [0.15, 0.2) is 0 Å². The summed E-state index contributed by atoms with van der Waals surface area (Å²) >= 11 is 0. The normalized spacial score (nSPS) is 12.4. The van der Waals surface area contributed by atoms with Gasteiger partial charge in [0.25, 0.3) is 0 Å². The first-order chi connectivity index (χ1) is 8.58. The van der Waals surface area contributed by atoms with E-state index >= 15 is 0 Å². The smallest absolute Gasteiger partial charge is 0.121 e. The van der Waals surface area contributed by atoms with E-state index in [1.165, 1.54) is 11.1 Å². The molecule has 0 saturated carbocycles. The number of phenolic OH excluding ortho intramolecular Hbond substituents is 1. The van der Waals surface area contributed by atoms with Crippen LogP contribution >= 0.6 is 0 Å². The van der Waals surface area contributed by atoms with Crippen molar-refractivity contribution in [3.05, 3.63) is 64.7 Å². The first-order valence-corrected chi connectivity index (χ1v) is 6.42. The van der Waals surface area contributed by atoms with E-state index < -0.39 is 0 Å². The third-order valence-electron chi connectivity index (χ3n) is 3.46. The minimum Gasteiger partial charge on any atom is -0.507 e. The molecule has 0 aliphatic carbocycles. The molecule has 1 nitrogen and oxygen atoms in total. The first-order valence-electron chi connectivity index (χ1n) is 6.42. The zero-order valence-corrected chi connectivity index (χ0v) is 11.3. The van der Waals surface area contributed by atoms with Crippen LogP contribution in [-0.4, -0.2) is 5.11 Å². The summed E-state index contributed by atoms with van der Waals surface area (Å²) in [7, 11) is 0. The highest BCUT2D eigenvalue weighted by Crippen LogP contribution is 2.26. The fraction of sp³-hybridized carbons (Fsp3) is 0.294. The summed E-state index contributed by atoms with van der Waals surface area (Å²) < 4.78 is 0. The molecule has 0 amide bonds. The number of aromatic hydroxyl groups is 1. The van der Waals surface area contributed by atoms with Crippen molar-refractivity contribution in [2.24, 2.45) is 0 Å². The van der Waals surface area contributed by atoms with Crippen molar-refractivity contribution in [2.45, 2.75) is 33.1 Å². The standard InChI is InChI=1S/C17H20O/c1-12(16-7-5-4-6-8-16)9-15-10-13(2)17(18)14(3)11-15/h4-8,10-12,18H,9H2,1-3H3. The minimum atomic E-state index is 0.422. The lowest BCUT2D eigenvalue weighted by Gasteiger charge is -2.14. The molecule has 0 saturated heterocycles. The summed E-state index contributed by atoms with van der Waals surface area (Å²) in [5.41, 5.74) is 4.58. The number of hydrogen-bond acceptors (Lipinski definition) is 1. The highest BCUT2D eigenvalue weighted by molar-refractivity contribution is 5.42. The second kappa shape index (κ2) is 5.26. The molecule has 0 aliphatic heterocycles. The van der Waals surface area contributed by atoms with Crippen molar-refractivity contribution >= 4 is 0 Å². The molecule has 0 heterocycles. The highest BCUT2D eigenvalue weighted by atomic mass is 16.3. The van der Waals surface area contributed by atoms with Crippen molar-refractivity contribution < 1.29 is 5.11 Å². The Balaban J connectivity index is 2.20. The molecule has 94 valence electrons. The van der Waals surface area contributed by atoms with Gasteiger partial charge >= 0.3 is 0 Å². The van der Waals surface area contributed by atoms with Crippen LogP contribution in [0.1, 0.15) is 35.1 Å². The monoisotopic (exact) mass is 240 g/mol. The van der Waals surface area contributed by atoms with Gasteiger partial charge < -0.3 is 5.11 Å². The lowest BCUT2D eigenvalue weighted by Crippen LogP contribution is -1.99. The van der Waals surface area contributed by atoms with Gasteiger partial charge in [-0.05, 0) is 48.4 Å². The second-order valence-electron chi connectivity index (χ2n) is 5.09. The fourth-order valence-corrected chi connectivity index (χ4v) is 2.42. The van der Waals surface area contributed by atoms with E-state index in [2.05, 4.69) is 43.3 Å². The van der Waals surface area contributed by atoms with E-state index in [9.17, 15) is 5.11 Å². The van der Waals surface area contributed by atoms with Crippen molar-refractivity contribution in [1.82, 2.24) is 0 Å². The summed E-state index contributed by atoms with van der Waals surface area (Å²) in [6, 6.07) is 14.7. The summed E-state index contributed by atoms with van der Waals surface area (Å²) in [6.45, 7) is 6.16. The molecule has 18 heavy (non-hydrogen) atoms. The quantitative estimate of drug-likeness (QED) is 0.845. The van der Waals surface area contributed by atoms with Crippen LogP contribution in [0.3, 0.4) is 0 Å². The topological polar surface area (TPSA) is 20.2 Å². The SMILES string of the molecule is Cc1cc(CC(C)c2ccccc2)cc(C)c1O. The lowest BCUT2D eigenvalue weighted by atomic mass is 9.92. The van der Waals surface area contributed by atoms with Gasteiger partial charge in [-0.15, -0.1) is 0 Å². The molecule has 0 fully saturated rings. The average Bonchev–Trinajstić information content (AvgIpc) is 2.37. The first kappa shape index (κ1) is 12.7. The van der Waals surface area contributed by atoms with E-state index in [0.717, 1.165) is 17.5 Å². The Hall–Kier alpha value is -1.76. The molecule has 0 bridgehead atoms. The van der Waals surface area contributed by atoms with E-state index in [1.54, 1.807) is 0 Å². The van der Waals surface area contributed by atoms with E-state index in [-0.39, 0.29) is 0 Å². The van der Waals surface area contributed by atoms with Crippen LogP contribution in [0.25, 0.3) is 0 Å². The summed E-state index contributed by atoms with van der Waals surface area (Å²) in [6.07, 6.45) is 1.01. The second-order valence-corrected chi connectivity index (χ2v) is 5.09. The van der Waals surface area contributed by atoms with Gasteiger partial charge in [0, 0.05) is 0 Å². The van der Waals surface area contributed by atoms with Crippen molar-refractivity contribution in [3.8, 4) is 5.75 Å². The predicted molar refractivity (Wildman–Crippen MR) is 76.1 cm³/mol. The average molecular weight is 240 g/mol. The minimum absolute atomic E-state index is 0.422. The predicted octanol–water partition coefficient (Wildman–Crippen LogP) is 4.36. The van der Waals surface area contributed by atoms with Crippen molar-refractivity contribution in [2.75, 3.05) is 0 Å². The molecule has 1 unspecified atom stereocenters. The van der Waals surface area contributed by atoms with Gasteiger partial charge in [-0.2, -0.15) is 0 Å². The third kappa shape index (κ3) is 2.73. The third-order valence-corrected chi connectivity index (χ3v) is 3.46. The largest absolute Gasteiger partial charge is 0.507 e. The number of aryl methyl sites for hydroxylation is 2. The number of benzene rings is 2. The number of rotatable bonds is 3. The van der Waals surface area contributed by atoms with Gasteiger partial charge in [-0.25, -0.2) is 0 Å². The van der Waals surface area contributed by atoms with Gasteiger partial charge in [0.05, 0.1) is 0 Å². The van der Waals surface area contributed by atoms with Crippen LogP contribution in [0.2, 0.25) is 0 Å². The van der Waals surface area contributed by atoms with Gasteiger partial charge in [0.2, 0.25) is 0 Å². The van der Waals surface area contributed by atoms with Crippen LogP contribution in [0.15, 0.2) is 42.5 Å². The highest BCUT2D eigenvalue weighted by Gasteiger charge is 2.09. The maximum atomic E-state index is 9.78. The van der Waals surface area contributed by atoms with Crippen molar-refractivity contribution in [3.63, 3.8) is 0 Å². The Morgan fingerprint density at radius 1 is 1.00 bits per heavy atom. The molecular weight excluding hydrogens is 220 g/mol. The van der Waals surface area contributed by atoms with Crippen LogP contribution in [0, 0.1) is 13.8 Å². The van der Waals surface area contributed by atoms with E-state index in [0.29, 0.717) is 11.7 Å². The van der Waals surface area contributed by atoms with Crippen LogP contribution < -0.4 is 0 Å². The lowest BCUT2D eigenvalue weighted by molar-refractivity contribution is 0.466. The molecule has 0 radical (unpaired) electrons. The maximum Gasteiger partial charge on any atom is 0.121 e. The van der Waals surface area contributed by atoms with Crippen LogP contribution in [0.5, 0.6) is 5.75 Å². The Labute approximate surface area is 109 Å². The zero-order chi connectivity index (χ0) is 13.1. The number of hydrogen-bond donors (Lipinski definition) is 1. The van der Waals surface area contributed by atoms with Gasteiger partial charge in [-0.1, -0.05) is 49.4 Å². The summed E-state index contributed by atoms with van der Waals surface area (Å²) in [5.74, 6) is 0.917. The maximum absolute atomic E-state index is 9.78. The Bertz CT molecular complexity index is 506. The Morgan fingerprint density at radius 2 is 1.56 bits per heavy atom. The molecule has 2 aromatic rings. The van der Waals surface area contributed by atoms with Crippen LogP contribution in [0.4, 0.5) is 0 Å². The number of phenols is 1. The van der Waals surface area contributed by atoms with Crippen molar-refractivity contribution in [1.29, 1.82) is 0 Å². The van der Waals surface area contributed by atoms with Gasteiger partial charge in [-0.3, -0.25) is 0 Å². The van der Waals surface area contributed by atoms with Gasteiger partial charge in [0.1, 0.15) is 5.75 Å². The zero-order valence-electron chi connectivity index (χ0n) is 11.3. The molecule has 1 atom stereocenters. The molecule has 2 rings (SSSR count). The summed E-state index contributed by atoms with van der Waals surface area (Å²) in [5, 5.41) is 9.78. The van der Waals surface area contributed by atoms with Crippen LogP contribution in [-0.2, 0) is 6.42 Å². The molecule has 1 heteroatoms. The fourth-order valence-electron chi connectivity index (χ4n) is 2.42. The Kier molecular flexibility index (Phi) is 3.71. The molecule has 0 aliphatic rings. The molecule has 0 spiro atoms. The molecular formula is C17H20O. The Morgan fingerprint density at radius 3 is 2.11 bits per heavy atom. The van der Waals surface area contributed by atoms with E-state index in [1.807, 2.05) is 19.9 Å². The molecule has 2 aromatic carbocycles.